The number of carboxylic acids is 1. The lowest BCUT2D eigenvalue weighted by atomic mass is 10.1. The zero-order chi connectivity index (χ0) is 18.1. The molecule has 0 aliphatic rings. The number of aliphatic hydroxyl groups excluding tert-OH is 1. The molecule has 0 bridgehead atoms. The van der Waals surface area contributed by atoms with Crippen LogP contribution in [0.2, 0.25) is 5.02 Å². The van der Waals surface area contributed by atoms with Crippen molar-refractivity contribution in [2.75, 3.05) is 0 Å². The summed E-state index contributed by atoms with van der Waals surface area (Å²) in [6.07, 6.45) is -6.55. The second-order valence-corrected chi connectivity index (χ2v) is 5.43. The molecule has 0 fully saturated rings. The lowest BCUT2D eigenvalue weighted by molar-refractivity contribution is -0.207. The summed E-state index contributed by atoms with van der Waals surface area (Å²) in [6.45, 7) is -1.76. The summed E-state index contributed by atoms with van der Waals surface area (Å²) >= 11 is 5.75. The van der Waals surface area contributed by atoms with Gasteiger partial charge < -0.3 is 10.2 Å². The second kappa shape index (κ2) is 6.70. The van der Waals surface area contributed by atoms with Crippen LogP contribution < -0.4 is 5.69 Å². The number of carboxylic acid groups (broad SMARTS) is 1. The van der Waals surface area contributed by atoms with Crippen LogP contribution in [0.25, 0.3) is 11.3 Å². The standard InChI is InChI=1S/C14H12ClF3N2O4/c15-9-3-1-8(2-4-9)10-5-19(7-12(22)23)13(24)20(10)6-11(21)14(16,17)18/h1-5,11,21H,6-7H2,(H,22,23)/t11-/m0/s1. The fraction of sp³-hybridized carbons (Fsp3) is 0.286. The van der Waals surface area contributed by atoms with Crippen LogP contribution in [0.4, 0.5) is 13.2 Å². The minimum Gasteiger partial charge on any atom is -0.480 e. The first kappa shape index (κ1) is 18.1. The number of aliphatic carboxylic acids is 1. The first-order chi connectivity index (χ1) is 11.1. The Morgan fingerprint density at radius 3 is 2.33 bits per heavy atom. The van der Waals surface area contributed by atoms with Gasteiger partial charge in [0.05, 0.1) is 12.2 Å². The van der Waals surface area contributed by atoms with E-state index in [0.717, 1.165) is 10.8 Å². The van der Waals surface area contributed by atoms with Crippen molar-refractivity contribution in [2.45, 2.75) is 25.4 Å². The quantitative estimate of drug-likeness (QED) is 0.849. The third-order valence-electron chi connectivity index (χ3n) is 3.22. The van der Waals surface area contributed by atoms with Crippen LogP contribution in [0.15, 0.2) is 35.3 Å². The number of carbonyl (C=O) groups is 1. The molecular formula is C14H12ClF3N2O4. The molecule has 24 heavy (non-hydrogen) atoms. The van der Waals surface area contributed by atoms with Gasteiger partial charge in [0, 0.05) is 11.2 Å². The number of nitrogens with zero attached hydrogens (tertiary/aromatic N) is 2. The van der Waals surface area contributed by atoms with E-state index in [1.807, 2.05) is 0 Å². The summed E-state index contributed by atoms with van der Waals surface area (Å²) in [6, 6.07) is 5.89. The minimum absolute atomic E-state index is 0.0428. The first-order valence-corrected chi connectivity index (χ1v) is 7.00. The lowest BCUT2D eigenvalue weighted by Crippen LogP contribution is -2.37. The highest BCUT2D eigenvalue weighted by Gasteiger charge is 2.39. The molecule has 130 valence electrons. The van der Waals surface area contributed by atoms with Crippen LogP contribution in [0, 0.1) is 0 Å². The number of rotatable bonds is 5. The van der Waals surface area contributed by atoms with E-state index in [-0.39, 0.29) is 5.69 Å². The van der Waals surface area contributed by atoms with E-state index in [9.17, 15) is 27.9 Å². The number of hydrogen-bond acceptors (Lipinski definition) is 3. The number of imidazole rings is 1. The normalized spacial score (nSPS) is 13.0. The SMILES string of the molecule is O=C(O)Cn1cc(-c2ccc(Cl)cc2)n(C[C@H](O)C(F)(F)F)c1=O. The number of aromatic nitrogens is 2. The highest BCUT2D eigenvalue weighted by molar-refractivity contribution is 6.30. The maximum Gasteiger partial charge on any atom is 0.416 e. The van der Waals surface area contributed by atoms with E-state index in [0.29, 0.717) is 15.2 Å². The molecule has 2 aromatic rings. The molecule has 1 aromatic carbocycles. The molecule has 0 spiro atoms. The smallest absolute Gasteiger partial charge is 0.416 e. The van der Waals surface area contributed by atoms with Gasteiger partial charge in [-0.1, -0.05) is 23.7 Å². The maximum absolute atomic E-state index is 12.6. The summed E-state index contributed by atoms with van der Waals surface area (Å²) in [5, 5.41) is 18.4. The Bertz CT molecular complexity index is 796. The van der Waals surface area contributed by atoms with E-state index in [1.54, 1.807) is 0 Å². The minimum atomic E-state index is -4.91. The Labute approximate surface area is 138 Å². The first-order valence-electron chi connectivity index (χ1n) is 6.62. The molecular weight excluding hydrogens is 353 g/mol. The van der Waals surface area contributed by atoms with Gasteiger partial charge in [-0.2, -0.15) is 13.2 Å². The lowest BCUT2D eigenvalue weighted by Gasteiger charge is -2.16. The molecule has 2 rings (SSSR count). The van der Waals surface area contributed by atoms with Crippen molar-refractivity contribution in [3.63, 3.8) is 0 Å². The molecule has 10 heteroatoms. The Hall–Kier alpha value is -2.26. The monoisotopic (exact) mass is 364 g/mol. The zero-order valence-electron chi connectivity index (χ0n) is 12.0. The fourth-order valence-corrected chi connectivity index (χ4v) is 2.22. The Kier molecular flexibility index (Phi) is 5.05. The van der Waals surface area contributed by atoms with Gasteiger partial charge in [0.2, 0.25) is 0 Å². The summed E-state index contributed by atoms with van der Waals surface area (Å²) in [4.78, 5) is 23.0. The molecule has 6 nitrogen and oxygen atoms in total. The number of aliphatic hydroxyl groups is 1. The molecule has 2 N–H and O–H groups in total. The molecule has 0 aliphatic carbocycles. The van der Waals surface area contributed by atoms with Crippen molar-refractivity contribution >= 4 is 17.6 Å². The molecule has 1 atom stereocenters. The van der Waals surface area contributed by atoms with Gasteiger partial charge in [0.15, 0.2) is 6.10 Å². The van der Waals surface area contributed by atoms with Gasteiger partial charge in [0.1, 0.15) is 6.54 Å². The average Bonchev–Trinajstić information content (AvgIpc) is 2.76. The van der Waals surface area contributed by atoms with Crippen molar-refractivity contribution in [2.24, 2.45) is 0 Å². The summed E-state index contributed by atoms with van der Waals surface area (Å²) in [5.41, 5.74) is -0.568. The summed E-state index contributed by atoms with van der Waals surface area (Å²) in [7, 11) is 0. The van der Waals surface area contributed by atoms with Crippen molar-refractivity contribution in [1.82, 2.24) is 9.13 Å². The highest BCUT2D eigenvalue weighted by Crippen LogP contribution is 2.25. The second-order valence-electron chi connectivity index (χ2n) is 4.99. The van der Waals surface area contributed by atoms with E-state index >= 15 is 0 Å². The molecule has 0 amide bonds. The topological polar surface area (TPSA) is 84.5 Å². The van der Waals surface area contributed by atoms with E-state index in [2.05, 4.69) is 0 Å². The molecule has 0 radical (unpaired) electrons. The molecule has 0 saturated heterocycles. The van der Waals surface area contributed by atoms with Crippen LogP contribution in [-0.4, -0.2) is 37.6 Å². The van der Waals surface area contributed by atoms with Crippen LogP contribution >= 0.6 is 11.6 Å². The Balaban J connectivity index is 2.53. The summed E-state index contributed by atoms with van der Waals surface area (Å²) < 4.78 is 39.2. The van der Waals surface area contributed by atoms with E-state index < -0.39 is 37.0 Å². The molecule has 1 heterocycles. The van der Waals surface area contributed by atoms with Crippen LogP contribution in [-0.2, 0) is 17.9 Å². The number of alkyl halides is 3. The van der Waals surface area contributed by atoms with Gasteiger partial charge in [-0.25, -0.2) is 4.79 Å². The summed E-state index contributed by atoms with van der Waals surface area (Å²) in [5.74, 6) is -1.33. The maximum atomic E-state index is 12.6. The zero-order valence-corrected chi connectivity index (χ0v) is 12.8. The predicted molar refractivity (Wildman–Crippen MR) is 78.8 cm³/mol. The molecule has 1 aromatic heterocycles. The number of halogens is 4. The van der Waals surface area contributed by atoms with Gasteiger partial charge >= 0.3 is 17.8 Å². The van der Waals surface area contributed by atoms with Gasteiger partial charge in [-0.05, 0) is 17.7 Å². The fourth-order valence-electron chi connectivity index (χ4n) is 2.09. The van der Waals surface area contributed by atoms with Crippen molar-refractivity contribution in [3.05, 3.63) is 46.0 Å². The van der Waals surface area contributed by atoms with Crippen LogP contribution in [0.1, 0.15) is 0 Å². The Morgan fingerprint density at radius 2 is 1.83 bits per heavy atom. The Morgan fingerprint density at radius 1 is 1.25 bits per heavy atom. The van der Waals surface area contributed by atoms with Crippen LogP contribution in [0.3, 0.4) is 0 Å². The van der Waals surface area contributed by atoms with Crippen LogP contribution in [0.5, 0.6) is 0 Å². The van der Waals surface area contributed by atoms with Crippen molar-refractivity contribution in [3.8, 4) is 11.3 Å². The van der Waals surface area contributed by atoms with Crippen molar-refractivity contribution in [1.29, 1.82) is 0 Å². The third kappa shape index (κ3) is 3.98. The van der Waals surface area contributed by atoms with E-state index in [4.69, 9.17) is 16.7 Å². The number of benzene rings is 1. The van der Waals surface area contributed by atoms with Gasteiger partial charge in [0.25, 0.3) is 0 Å². The largest absolute Gasteiger partial charge is 0.480 e. The average molecular weight is 365 g/mol. The molecule has 0 unspecified atom stereocenters. The van der Waals surface area contributed by atoms with Gasteiger partial charge in [-0.3, -0.25) is 13.9 Å². The van der Waals surface area contributed by atoms with Crippen molar-refractivity contribution < 1.29 is 28.2 Å². The van der Waals surface area contributed by atoms with Gasteiger partial charge in [-0.15, -0.1) is 0 Å². The molecule has 0 aliphatic heterocycles. The predicted octanol–water partition coefficient (Wildman–Crippen LogP) is 1.98. The number of hydrogen-bond donors (Lipinski definition) is 2. The van der Waals surface area contributed by atoms with E-state index in [1.165, 1.54) is 24.3 Å². The highest BCUT2D eigenvalue weighted by atomic mass is 35.5. The third-order valence-corrected chi connectivity index (χ3v) is 3.48. The molecule has 0 saturated carbocycles.